The van der Waals surface area contributed by atoms with Crippen LogP contribution in [0, 0.1) is 0 Å². The van der Waals surface area contributed by atoms with E-state index in [1.165, 1.54) is 0 Å². The SMILES string of the molecule is CCCc1cc(CO)cc(N(C)C2CCOC2)n1. The Balaban J connectivity index is 2.21. The Hall–Kier alpha value is -1.13. The van der Waals surface area contributed by atoms with Crippen molar-refractivity contribution in [2.24, 2.45) is 0 Å². The zero-order valence-corrected chi connectivity index (χ0v) is 11.2. The van der Waals surface area contributed by atoms with Crippen LogP contribution in [0.15, 0.2) is 12.1 Å². The van der Waals surface area contributed by atoms with Crippen LogP contribution < -0.4 is 4.90 Å². The number of hydrogen-bond acceptors (Lipinski definition) is 4. The van der Waals surface area contributed by atoms with Crippen molar-refractivity contribution >= 4 is 5.82 Å². The van der Waals surface area contributed by atoms with Crippen LogP contribution in [0.25, 0.3) is 0 Å². The molecule has 1 atom stereocenters. The Labute approximate surface area is 109 Å². The minimum Gasteiger partial charge on any atom is -0.392 e. The Morgan fingerprint density at radius 2 is 2.33 bits per heavy atom. The molecule has 1 aliphatic rings. The van der Waals surface area contributed by atoms with Gasteiger partial charge in [-0.15, -0.1) is 0 Å². The fourth-order valence-electron chi connectivity index (χ4n) is 2.30. The standard InChI is InChI=1S/C14H22N2O2/c1-3-4-12-7-11(9-17)8-14(15-12)16(2)13-5-6-18-10-13/h7-8,13,17H,3-6,9-10H2,1-2H3. The summed E-state index contributed by atoms with van der Waals surface area (Å²) in [7, 11) is 2.05. The van der Waals surface area contributed by atoms with Crippen molar-refractivity contribution in [1.82, 2.24) is 4.98 Å². The van der Waals surface area contributed by atoms with Gasteiger partial charge in [0.15, 0.2) is 0 Å². The fraction of sp³-hybridized carbons (Fsp3) is 0.643. The molecule has 100 valence electrons. The second-order valence-corrected chi connectivity index (χ2v) is 4.86. The van der Waals surface area contributed by atoms with Crippen molar-refractivity contribution < 1.29 is 9.84 Å². The van der Waals surface area contributed by atoms with E-state index in [2.05, 4.69) is 23.9 Å². The van der Waals surface area contributed by atoms with Crippen molar-refractivity contribution in [3.05, 3.63) is 23.4 Å². The molecule has 2 heterocycles. The van der Waals surface area contributed by atoms with Gasteiger partial charge in [0.25, 0.3) is 0 Å². The summed E-state index contributed by atoms with van der Waals surface area (Å²) in [6.45, 7) is 3.81. The van der Waals surface area contributed by atoms with E-state index in [-0.39, 0.29) is 6.61 Å². The van der Waals surface area contributed by atoms with Crippen molar-refractivity contribution in [1.29, 1.82) is 0 Å². The van der Waals surface area contributed by atoms with Gasteiger partial charge in [-0.2, -0.15) is 0 Å². The summed E-state index contributed by atoms with van der Waals surface area (Å²) in [5, 5.41) is 9.33. The summed E-state index contributed by atoms with van der Waals surface area (Å²) in [4.78, 5) is 6.85. The quantitative estimate of drug-likeness (QED) is 0.865. The predicted octanol–water partition coefficient (Wildman–Crippen LogP) is 1.75. The molecule has 1 fully saturated rings. The van der Waals surface area contributed by atoms with E-state index in [4.69, 9.17) is 4.74 Å². The summed E-state index contributed by atoms with van der Waals surface area (Å²) < 4.78 is 5.42. The van der Waals surface area contributed by atoms with Gasteiger partial charge in [0, 0.05) is 19.3 Å². The highest BCUT2D eigenvalue weighted by atomic mass is 16.5. The third-order valence-electron chi connectivity index (χ3n) is 3.43. The Bertz CT molecular complexity index is 389. The maximum absolute atomic E-state index is 9.33. The molecular formula is C14H22N2O2. The summed E-state index contributed by atoms with van der Waals surface area (Å²) in [6, 6.07) is 4.37. The van der Waals surface area contributed by atoms with Crippen LogP contribution in [0.4, 0.5) is 5.82 Å². The molecule has 0 aliphatic carbocycles. The molecule has 1 unspecified atom stereocenters. The van der Waals surface area contributed by atoms with E-state index in [1.807, 2.05) is 12.1 Å². The van der Waals surface area contributed by atoms with Crippen LogP contribution in [0.3, 0.4) is 0 Å². The first kappa shape index (κ1) is 13.3. The van der Waals surface area contributed by atoms with Crippen molar-refractivity contribution in [2.75, 3.05) is 25.2 Å². The van der Waals surface area contributed by atoms with Crippen molar-refractivity contribution in [3.63, 3.8) is 0 Å². The molecule has 1 aromatic rings. The van der Waals surface area contributed by atoms with Gasteiger partial charge >= 0.3 is 0 Å². The molecule has 0 aromatic carbocycles. The third kappa shape index (κ3) is 3.00. The van der Waals surface area contributed by atoms with Crippen LogP contribution in [-0.4, -0.2) is 36.4 Å². The van der Waals surface area contributed by atoms with Gasteiger partial charge in [-0.3, -0.25) is 0 Å². The van der Waals surface area contributed by atoms with Gasteiger partial charge in [-0.25, -0.2) is 4.98 Å². The predicted molar refractivity (Wildman–Crippen MR) is 71.8 cm³/mol. The van der Waals surface area contributed by atoms with Gasteiger partial charge < -0.3 is 14.7 Å². The monoisotopic (exact) mass is 250 g/mol. The molecule has 4 nitrogen and oxygen atoms in total. The largest absolute Gasteiger partial charge is 0.392 e. The highest BCUT2D eigenvalue weighted by Crippen LogP contribution is 2.20. The number of hydrogen-bond donors (Lipinski definition) is 1. The molecule has 1 aliphatic heterocycles. The summed E-state index contributed by atoms with van der Waals surface area (Å²) in [5.74, 6) is 0.945. The molecule has 0 spiro atoms. The number of anilines is 1. The Kier molecular flexibility index (Phi) is 4.55. The lowest BCUT2D eigenvalue weighted by atomic mass is 10.1. The van der Waals surface area contributed by atoms with E-state index < -0.39 is 0 Å². The normalized spacial score (nSPS) is 19.2. The topological polar surface area (TPSA) is 45.6 Å². The highest BCUT2D eigenvalue weighted by molar-refractivity contribution is 5.43. The molecule has 1 saturated heterocycles. The van der Waals surface area contributed by atoms with Crippen molar-refractivity contribution in [3.8, 4) is 0 Å². The van der Waals surface area contributed by atoms with Gasteiger partial charge in [0.2, 0.25) is 0 Å². The first-order valence-corrected chi connectivity index (χ1v) is 6.66. The van der Waals surface area contributed by atoms with Crippen LogP contribution in [0.5, 0.6) is 0 Å². The average Bonchev–Trinajstić information content (AvgIpc) is 2.91. The molecule has 0 amide bonds. The van der Waals surface area contributed by atoms with Gasteiger partial charge in [0.1, 0.15) is 5.82 Å². The fourth-order valence-corrected chi connectivity index (χ4v) is 2.30. The van der Waals surface area contributed by atoms with Crippen LogP contribution in [0.2, 0.25) is 0 Å². The smallest absolute Gasteiger partial charge is 0.129 e. The van der Waals surface area contributed by atoms with Crippen LogP contribution in [0.1, 0.15) is 31.0 Å². The van der Waals surface area contributed by atoms with E-state index in [1.54, 1.807) is 0 Å². The number of aryl methyl sites for hydroxylation is 1. The molecule has 0 bridgehead atoms. The summed E-state index contributed by atoms with van der Waals surface area (Å²) in [5.41, 5.74) is 2.00. The van der Waals surface area contributed by atoms with Crippen molar-refractivity contribution in [2.45, 2.75) is 38.8 Å². The molecule has 2 rings (SSSR count). The third-order valence-corrected chi connectivity index (χ3v) is 3.43. The molecule has 18 heavy (non-hydrogen) atoms. The molecule has 0 saturated carbocycles. The second kappa shape index (κ2) is 6.16. The minimum atomic E-state index is 0.0707. The highest BCUT2D eigenvalue weighted by Gasteiger charge is 2.21. The molecule has 1 N–H and O–H groups in total. The molecule has 4 heteroatoms. The lowest BCUT2D eigenvalue weighted by Crippen LogP contribution is -2.32. The molecular weight excluding hydrogens is 228 g/mol. The zero-order valence-electron chi connectivity index (χ0n) is 11.2. The summed E-state index contributed by atoms with van der Waals surface area (Å²) >= 11 is 0. The zero-order chi connectivity index (χ0) is 13.0. The number of aromatic nitrogens is 1. The first-order chi connectivity index (χ1) is 8.74. The Morgan fingerprint density at radius 3 is 2.94 bits per heavy atom. The van der Waals surface area contributed by atoms with Gasteiger partial charge in [0.05, 0.1) is 19.3 Å². The number of likely N-dealkylation sites (N-methyl/N-ethyl adjacent to an activating group) is 1. The second-order valence-electron chi connectivity index (χ2n) is 4.86. The van der Waals surface area contributed by atoms with E-state index in [0.717, 1.165) is 49.6 Å². The molecule has 1 aromatic heterocycles. The number of pyridine rings is 1. The van der Waals surface area contributed by atoms with Crippen LogP contribution >= 0.6 is 0 Å². The maximum atomic E-state index is 9.33. The average molecular weight is 250 g/mol. The molecule has 0 radical (unpaired) electrons. The first-order valence-electron chi connectivity index (χ1n) is 6.66. The lowest BCUT2D eigenvalue weighted by Gasteiger charge is -2.25. The Morgan fingerprint density at radius 1 is 1.50 bits per heavy atom. The summed E-state index contributed by atoms with van der Waals surface area (Å²) in [6.07, 6.45) is 3.07. The number of aliphatic hydroxyl groups is 1. The number of aliphatic hydroxyl groups excluding tert-OH is 1. The number of ether oxygens (including phenoxy) is 1. The lowest BCUT2D eigenvalue weighted by molar-refractivity contribution is 0.193. The van der Waals surface area contributed by atoms with E-state index >= 15 is 0 Å². The number of rotatable bonds is 5. The van der Waals surface area contributed by atoms with E-state index in [0.29, 0.717) is 6.04 Å². The van der Waals surface area contributed by atoms with Crippen LogP contribution in [-0.2, 0) is 17.8 Å². The van der Waals surface area contributed by atoms with Gasteiger partial charge in [-0.1, -0.05) is 13.3 Å². The number of nitrogens with zero attached hydrogens (tertiary/aromatic N) is 2. The van der Waals surface area contributed by atoms with E-state index in [9.17, 15) is 5.11 Å². The minimum absolute atomic E-state index is 0.0707. The van der Waals surface area contributed by atoms with Gasteiger partial charge in [-0.05, 0) is 30.5 Å². The maximum Gasteiger partial charge on any atom is 0.129 e.